The molecule has 4 rings (SSSR count). The number of hydrogen-bond acceptors (Lipinski definition) is 3. The molecule has 0 fully saturated rings. The number of carbonyl (C=O) groups is 1. The van der Waals surface area contributed by atoms with Gasteiger partial charge >= 0.3 is 0 Å². The lowest BCUT2D eigenvalue weighted by Crippen LogP contribution is -2.42. The Bertz CT molecular complexity index is 1220. The molecule has 5 nitrogen and oxygen atoms in total. The van der Waals surface area contributed by atoms with E-state index in [0.29, 0.717) is 0 Å². The van der Waals surface area contributed by atoms with E-state index in [1.54, 1.807) is 24.3 Å². The molecule has 1 N–H and O–H groups in total. The van der Waals surface area contributed by atoms with Crippen molar-refractivity contribution in [3.8, 4) is 0 Å². The first-order valence-electron chi connectivity index (χ1n) is 11.3. The zero-order valence-electron chi connectivity index (χ0n) is 19.1. The van der Waals surface area contributed by atoms with Gasteiger partial charge in [-0.25, -0.2) is 8.42 Å². The number of nitrogens with one attached hydrogen (secondary N) is 1. The Kier molecular flexibility index (Phi) is 6.96. The lowest BCUT2D eigenvalue weighted by molar-refractivity contribution is -0.122. The molecule has 1 amide bonds. The minimum Gasteiger partial charge on any atom is -0.348 e. The van der Waals surface area contributed by atoms with E-state index in [4.69, 9.17) is 0 Å². The monoisotopic (exact) mass is 462 g/mol. The summed E-state index contributed by atoms with van der Waals surface area (Å²) in [7, 11) is -3.85. The smallest absolute Gasteiger partial charge is 0.243 e. The number of sulfonamides is 1. The summed E-state index contributed by atoms with van der Waals surface area (Å²) in [6.07, 6.45) is 2.85. The number of amides is 1. The Morgan fingerprint density at radius 3 is 2.27 bits per heavy atom. The average Bonchev–Trinajstić information content (AvgIpc) is 2.80. The van der Waals surface area contributed by atoms with Crippen LogP contribution >= 0.6 is 0 Å². The van der Waals surface area contributed by atoms with Crippen LogP contribution in [0.5, 0.6) is 0 Å². The van der Waals surface area contributed by atoms with Gasteiger partial charge in [-0.15, -0.1) is 0 Å². The van der Waals surface area contributed by atoms with Crippen LogP contribution in [0.15, 0.2) is 77.7 Å². The standard InChI is InChI=1S/C27H30N2O3S/c1-20-10-14-22(15-11-20)18-29(33(31,32)24-16-12-21(2)13-17-24)19-27(30)28-26-9-5-7-23-6-3-4-8-25(23)26/h3-4,6,8,10-17,26H,5,7,9,18-19H2,1-2H3,(H,28,30). The molecule has 33 heavy (non-hydrogen) atoms. The summed E-state index contributed by atoms with van der Waals surface area (Å²) in [5, 5.41) is 3.09. The molecule has 1 aliphatic rings. The molecule has 3 aromatic rings. The lowest BCUT2D eigenvalue weighted by atomic mass is 9.88. The maximum atomic E-state index is 13.5. The van der Waals surface area contributed by atoms with Crippen LogP contribution in [0.25, 0.3) is 0 Å². The van der Waals surface area contributed by atoms with E-state index in [9.17, 15) is 13.2 Å². The van der Waals surface area contributed by atoms with Crippen LogP contribution in [0.3, 0.4) is 0 Å². The van der Waals surface area contributed by atoms with E-state index in [0.717, 1.165) is 41.5 Å². The van der Waals surface area contributed by atoms with E-state index in [1.165, 1.54) is 9.87 Å². The zero-order valence-corrected chi connectivity index (χ0v) is 19.9. The van der Waals surface area contributed by atoms with Crippen LogP contribution in [0.1, 0.15) is 46.7 Å². The number of benzene rings is 3. The molecule has 0 saturated carbocycles. The van der Waals surface area contributed by atoms with Crippen LogP contribution in [-0.4, -0.2) is 25.2 Å². The summed E-state index contributed by atoms with van der Waals surface area (Å²) in [5.41, 5.74) is 5.29. The third-order valence-corrected chi connectivity index (χ3v) is 7.97. The molecule has 0 saturated heterocycles. The quantitative estimate of drug-likeness (QED) is 0.554. The van der Waals surface area contributed by atoms with E-state index >= 15 is 0 Å². The molecule has 0 spiro atoms. The fourth-order valence-corrected chi connectivity index (χ4v) is 5.67. The van der Waals surface area contributed by atoms with Crippen molar-refractivity contribution in [2.45, 2.75) is 50.6 Å². The predicted octanol–water partition coefficient (Wildman–Crippen LogP) is 4.69. The van der Waals surface area contributed by atoms with Gasteiger partial charge in [0.1, 0.15) is 0 Å². The second kappa shape index (κ2) is 9.89. The number of nitrogens with zero attached hydrogens (tertiary/aromatic N) is 1. The highest BCUT2D eigenvalue weighted by Crippen LogP contribution is 2.29. The van der Waals surface area contributed by atoms with Gasteiger partial charge in [-0.05, 0) is 61.9 Å². The summed E-state index contributed by atoms with van der Waals surface area (Å²) in [4.78, 5) is 13.3. The highest BCUT2D eigenvalue weighted by Gasteiger charge is 2.29. The summed E-state index contributed by atoms with van der Waals surface area (Å²) in [5.74, 6) is -0.292. The normalized spacial score (nSPS) is 15.8. The van der Waals surface area contributed by atoms with Crippen LogP contribution in [-0.2, 0) is 27.8 Å². The van der Waals surface area contributed by atoms with Gasteiger partial charge in [-0.3, -0.25) is 4.79 Å². The van der Waals surface area contributed by atoms with Crippen LogP contribution in [0.2, 0.25) is 0 Å². The first kappa shape index (κ1) is 23.2. The Morgan fingerprint density at radius 1 is 0.939 bits per heavy atom. The van der Waals surface area contributed by atoms with Crippen LogP contribution in [0.4, 0.5) is 0 Å². The maximum Gasteiger partial charge on any atom is 0.243 e. The first-order chi connectivity index (χ1) is 15.8. The number of rotatable bonds is 7. The van der Waals surface area contributed by atoms with E-state index < -0.39 is 10.0 Å². The van der Waals surface area contributed by atoms with Gasteiger partial charge < -0.3 is 5.32 Å². The van der Waals surface area contributed by atoms with Gasteiger partial charge in [0.15, 0.2) is 0 Å². The Morgan fingerprint density at radius 2 is 1.58 bits per heavy atom. The second-order valence-electron chi connectivity index (χ2n) is 8.78. The maximum absolute atomic E-state index is 13.5. The highest BCUT2D eigenvalue weighted by molar-refractivity contribution is 7.89. The molecule has 172 valence electrons. The molecule has 1 atom stereocenters. The Hall–Kier alpha value is -2.96. The fourth-order valence-electron chi connectivity index (χ4n) is 4.29. The van der Waals surface area contributed by atoms with Crippen molar-refractivity contribution in [3.63, 3.8) is 0 Å². The second-order valence-corrected chi connectivity index (χ2v) is 10.7. The zero-order chi connectivity index (χ0) is 23.4. The molecular formula is C27H30N2O3S. The molecule has 3 aromatic carbocycles. The summed E-state index contributed by atoms with van der Waals surface area (Å²) in [6.45, 7) is 3.80. The molecule has 1 aliphatic carbocycles. The molecule has 0 heterocycles. The van der Waals surface area contributed by atoms with Gasteiger partial charge in [-0.1, -0.05) is 71.8 Å². The third kappa shape index (κ3) is 5.52. The molecule has 0 radical (unpaired) electrons. The van der Waals surface area contributed by atoms with Crippen molar-refractivity contribution >= 4 is 15.9 Å². The SMILES string of the molecule is Cc1ccc(CN(CC(=O)NC2CCCc3ccccc32)S(=O)(=O)c2ccc(C)cc2)cc1. The predicted molar refractivity (Wildman–Crippen MR) is 130 cm³/mol. The summed E-state index contributed by atoms with van der Waals surface area (Å²) in [6, 6.07) is 22.5. The van der Waals surface area contributed by atoms with Crippen molar-refractivity contribution in [1.29, 1.82) is 0 Å². The topological polar surface area (TPSA) is 66.5 Å². The highest BCUT2D eigenvalue weighted by atomic mass is 32.2. The molecule has 0 bridgehead atoms. The van der Waals surface area contributed by atoms with Crippen molar-refractivity contribution in [1.82, 2.24) is 9.62 Å². The molecule has 0 aliphatic heterocycles. The van der Waals surface area contributed by atoms with Crippen molar-refractivity contribution in [2.75, 3.05) is 6.54 Å². The first-order valence-corrected chi connectivity index (χ1v) is 12.8. The van der Waals surface area contributed by atoms with E-state index in [1.807, 2.05) is 56.3 Å². The molecule has 0 aromatic heterocycles. The van der Waals surface area contributed by atoms with Gasteiger partial charge in [-0.2, -0.15) is 4.31 Å². The van der Waals surface area contributed by atoms with Gasteiger partial charge in [0.2, 0.25) is 15.9 Å². The van der Waals surface area contributed by atoms with E-state index in [-0.39, 0.29) is 29.9 Å². The largest absolute Gasteiger partial charge is 0.348 e. The lowest BCUT2D eigenvalue weighted by Gasteiger charge is -2.28. The molecular weight excluding hydrogens is 432 g/mol. The third-order valence-electron chi connectivity index (χ3n) is 6.16. The van der Waals surface area contributed by atoms with Gasteiger partial charge in [0.05, 0.1) is 17.5 Å². The van der Waals surface area contributed by atoms with Crippen molar-refractivity contribution in [2.24, 2.45) is 0 Å². The van der Waals surface area contributed by atoms with Gasteiger partial charge in [0, 0.05) is 6.54 Å². The fraction of sp³-hybridized carbons (Fsp3) is 0.296. The van der Waals surface area contributed by atoms with Crippen LogP contribution in [0, 0.1) is 13.8 Å². The summed E-state index contributed by atoms with van der Waals surface area (Å²) < 4.78 is 28.2. The van der Waals surface area contributed by atoms with E-state index in [2.05, 4.69) is 11.4 Å². The Labute approximate surface area is 196 Å². The van der Waals surface area contributed by atoms with Crippen molar-refractivity contribution < 1.29 is 13.2 Å². The molecule has 1 unspecified atom stereocenters. The molecule has 6 heteroatoms. The number of carbonyl (C=O) groups excluding carboxylic acids is 1. The summed E-state index contributed by atoms with van der Waals surface area (Å²) >= 11 is 0. The minimum absolute atomic E-state index is 0.0919. The number of aryl methyl sites for hydroxylation is 3. The van der Waals surface area contributed by atoms with Crippen molar-refractivity contribution in [3.05, 3.63) is 101 Å². The number of hydrogen-bond donors (Lipinski definition) is 1. The average molecular weight is 463 g/mol. The number of fused-ring (bicyclic) bond motifs is 1. The van der Waals surface area contributed by atoms with Crippen LogP contribution < -0.4 is 5.32 Å². The van der Waals surface area contributed by atoms with Gasteiger partial charge in [0.25, 0.3) is 0 Å². The Balaban J connectivity index is 1.57. The minimum atomic E-state index is -3.85.